The average molecular weight is 342 g/mol. The highest BCUT2D eigenvalue weighted by Gasteiger charge is 2.12. The molecule has 24 heavy (non-hydrogen) atoms. The Balaban J connectivity index is 1.55. The van der Waals surface area contributed by atoms with Crippen molar-refractivity contribution < 1.29 is 4.79 Å². The zero-order valence-corrected chi connectivity index (χ0v) is 15.0. The summed E-state index contributed by atoms with van der Waals surface area (Å²) in [6.07, 6.45) is 0.811. The number of aromatic nitrogens is 2. The van der Waals surface area contributed by atoms with Crippen LogP contribution in [0, 0.1) is 13.8 Å². The van der Waals surface area contributed by atoms with Gasteiger partial charge in [-0.2, -0.15) is 0 Å². The number of benzene rings is 1. The van der Waals surface area contributed by atoms with Gasteiger partial charge >= 0.3 is 6.03 Å². The summed E-state index contributed by atoms with van der Waals surface area (Å²) in [6.45, 7) is 5.19. The Morgan fingerprint density at radius 3 is 2.88 bits per heavy atom. The van der Waals surface area contributed by atoms with E-state index in [2.05, 4.69) is 34.3 Å². The van der Waals surface area contributed by atoms with Gasteiger partial charge in [0.2, 0.25) is 0 Å². The van der Waals surface area contributed by atoms with Gasteiger partial charge in [-0.05, 0) is 31.9 Å². The number of hydrogen-bond donors (Lipinski definition) is 2. The molecule has 2 amide bonds. The maximum absolute atomic E-state index is 12.2. The van der Waals surface area contributed by atoms with Gasteiger partial charge in [-0.3, -0.25) is 0 Å². The molecule has 0 aliphatic rings. The number of aromatic amines is 1. The molecule has 0 aliphatic heterocycles. The predicted molar refractivity (Wildman–Crippen MR) is 98.5 cm³/mol. The van der Waals surface area contributed by atoms with E-state index in [1.807, 2.05) is 24.4 Å². The summed E-state index contributed by atoms with van der Waals surface area (Å²) < 4.78 is 0. The highest BCUT2D eigenvalue weighted by atomic mass is 32.1. The first-order valence-corrected chi connectivity index (χ1v) is 8.88. The van der Waals surface area contributed by atoms with E-state index >= 15 is 0 Å². The van der Waals surface area contributed by atoms with Gasteiger partial charge in [0.25, 0.3) is 0 Å². The second-order valence-electron chi connectivity index (χ2n) is 5.99. The van der Waals surface area contributed by atoms with Crippen LogP contribution in [0.25, 0.3) is 10.9 Å². The molecule has 0 spiro atoms. The van der Waals surface area contributed by atoms with Gasteiger partial charge in [-0.15, -0.1) is 11.3 Å². The molecule has 0 atom stereocenters. The SMILES string of the molecule is Cc1csc(CN(C)C(=O)NCCc2c(C)[nH]c3ccccc23)n1. The lowest BCUT2D eigenvalue weighted by Gasteiger charge is -2.16. The third-order valence-corrected chi connectivity index (χ3v) is 5.02. The van der Waals surface area contributed by atoms with E-state index in [1.54, 1.807) is 23.3 Å². The molecule has 126 valence electrons. The highest BCUT2D eigenvalue weighted by molar-refractivity contribution is 7.09. The zero-order valence-electron chi connectivity index (χ0n) is 14.2. The molecule has 2 heterocycles. The number of H-pyrrole nitrogens is 1. The number of aryl methyl sites for hydroxylation is 2. The van der Waals surface area contributed by atoms with Crippen LogP contribution in [0.1, 0.15) is 22.0 Å². The standard InChI is InChI=1S/C18H22N4OS/c1-12-11-24-17(20-12)10-22(3)18(23)19-9-8-14-13(2)21-16-7-5-4-6-15(14)16/h4-7,11,21H,8-10H2,1-3H3,(H,19,23). The number of nitrogens with one attached hydrogen (secondary N) is 2. The molecule has 0 fully saturated rings. The Morgan fingerprint density at radius 2 is 2.12 bits per heavy atom. The largest absolute Gasteiger partial charge is 0.358 e. The molecule has 0 unspecified atom stereocenters. The fourth-order valence-electron chi connectivity index (χ4n) is 2.84. The molecule has 1 aromatic carbocycles. The van der Waals surface area contributed by atoms with Crippen LogP contribution in [0.2, 0.25) is 0 Å². The van der Waals surface area contributed by atoms with Crippen molar-refractivity contribution in [2.45, 2.75) is 26.8 Å². The molecule has 3 aromatic rings. The maximum atomic E-state index is 12.2. The number of thiazole rings is 1. The number of hydrogen-bond acceptors (Lipinski definition) is 3. The average Bonchev–Trinajstić information content (AvgIpc) is 3.10. The number of nitrogens with zero attached hydrogens (tertiary/aromatic N) is 2. The van der Waals surface area contributed by atoms with Crippen LogP contribution in [0.15, 0.2) is 29.6 Å². The summed E-state index contributed by atoms with van der Waals surface area (Å²) in [5.41, 5.74) is 4.58. The van der Waals surface area contributed by atoms with Gasteiger partial charge in [0.1, 0.15) is 5.01 Å². The van der Waals surface area contributed by atoms with Crippen molar-refractivity contribution in [1.29, 1.82) is 0 Å². The molecular weight excluding hydrogens is 320 g/mol. The molecule has 0 aliphatic carbocycles. The Morgan fingerprint density at radius 1 is 1.33 bits per heavy atom. The Labute approximate surface area is 145 Å². The first kappa shape index (κ1) is 16.5. The molecule has 2 aromatic heterocycles. The predicted octanol–water partition coefficient (Wildman–Crippen LogP) is 3.63. The van der Waals surface area contributed by atoms with E-state index in [-0.39, 0.29) is 6.03 Å². The first-order chi connectivity index (χ1) is 11.5. The number of urea groups is 1. The quantitative estimate of drug-likeness (QED) is 0.744. The minimum absolute atomic E-state index is 0.0691. The van der Waals surface area contributed by atoms with Gasteiger partial charge in [0, 0.05) is 41.3 Å². The van der Waals surface area contributed by atoms with Crippen LogP contribution >= 0.6 is 11.3 Å². The van der Waals surface area contributed by atoms with Crippen LogP contribution in [-0.4, -0.2) is 34.5 Å². The van der Waals surface area contributed by atoms with Gasteiger partial charge in [-0.25, -0.2) is 9.78 Å². The lowest BCUT2D eigenvalue weighted by molar-refractivity contribution is 0.207. The maximum Gasteiger partial charge on any atom is 0.317 e. The summed E-state index contributed by atoms with van der Waals surface area (Å²) in [4.78, 5) is 21.7. The molecule has 6 heteroatoms. The third-order valence-electron chi connectivity index (χ3n) is 4.06. The Kier molecular flexibility index (Phi) is 4.85. The van der Waals surface area contributed by atoms with E-state index in [9.17, 15) is 4.79 Å². The molecule has 2 N–H and O–H groups in total. The van der Waals surface area contributed by atoms with Crippen molar-refractivity contribution in [1.82, 2.24) is 20.2 Å². The van der Waals surface area contributed by atoms with Gasteiger partial charge in [0.05, 0.1) is 6.54 Å². The van der Waals surface area contributed by atoms with Crippen LogP contribution < -0.4 is 5.32 Å². The van der Waals surface area contributed by atoms with Crippen LogP contribution in [0.5, 0.6) is 0 Å². The zero-order chi connectivity index (χ0) is 17.1. The summed E-state index contributed by atoms with van der Waals surface area (Å²) in [5, 5.41) is 7.18. The summed E-state index contributed by atoms with van der Waals surface area (Å²) >= 11 is 1.58. The molecule has 0 radical (unpaired) electrons. The van der Waals surface area contributed by atoms with Crippen molar-refractivity contribution in [3.05, 3.63) is 51.6 Å². The summed E-state index contributed by atoms with van der Waals surface area (Å²) in [6, 6.07) is 8.20. The smallest absolute Gasteiger partial charge is 0.317 e. The van der Waals surface area contributed by atoms with Crippen LogP contribution in [-0.2, 0) is 13.0 Å². The van der Waals surface area contributed by atoms with Crippen molar-refractivity contribution in [2.75, 3.05) is 13.6 Å². The number of para-hydroxylation sites is 1. The van der Waals surface area contributed by atoms with E-state index in [1.165, 1.54) is 10.9 Å². The Hall–Kier alpha value is -2.34. The molecule has 0 bridgehead atoms. The number of amides is 2. The molecule has 5 nitrogen and oxygen atoms in total. The first-order valence-electron chi connectivity index (χ1n) is 8.00. The summed E-state index contributed by atoms with van der Waals surface area (Å²) in [7, 11) is 1.79. The second kappa shape index (κ2) is 7.05. The minimum Gasteiger partial charge on any atom is -0.358 e. The van der Waals surface area contributed by atoms with Crippen LogP contribution in [0.4, 0.5) is 4.79 Å². The van der Waals surface area contributed by atoms with Crippen molar-refractivity contribution in [3.8, 4) is 0 Å². The lowest BCUT2D eigenvalue weighted by Crippen LogP contribution is -2.37. The fraction of sp³-hybridized carbons (Fsp3) is 0.333. The minimum atomic E-state index is -0.0691. The monoisotopic (exact) mass is 342 g/mol. The second-order valence-corrected chi connectivity index (χ2v) is 6.94. The van der Waals surface area contributed by atoms with Gasteiger partial charge < -0.3 is 15.2 Å². The van der Waals surface area contributed by atoms with Gasteiger partial charge in [0.15, 0.2) is 0 Å². The van der Waals surface area contributed by atoms with Crippen molar-refractivity contribution in [3.63, 3.8) is 0 Å². The van der Waals surface area contributed by atoms with E-state index in [4.69, 9.17) is 0 Å². The highest BCUT2D eigenvalue weighted by Crippen LogP contribution is 2.21. The van der Waals surface area contributed by atoms with Crippen molar-refractivity contribution in [2.24, 2.45) is 0 Å². The number of rotatable bonds is 5. The molecule has 0 saturated heterocycles. The van der Waals surface area contributed by atoms with Crippen LogP contribution in [0.3, 0.4) is 0 Å². The molecular formula is C18H22N4OS. The van der Waals surface area contributed by atoms with E-state index in [0.29, 0.717) is 13.1 Å². The number of carbonyl (C=O) groups excluding carboxylic acids is 1. The van der Waals surface area contributed by atoms with Crippen molar-refractivity contribution >= 4 is 28.3 Å². The summed E-state index contributed by atoms with van der Waals surface area (Å²) in [5.74, 6) is 0. The molecule has 3 rings (SSSR count). The lowest BCUT2D eigenvalue weighted by atomic mass is 10.1. The number of fused-ring (bicyclic) bond motifs is 1. The number of carbonyl (C=O) groups is 1. The third kappa shape index (κ3) is 3.59. The Bertz CT molecular complexity index is 852. The van der Waals surface area contributed by atoms with E-state index < -0.39 is 0 Å². The van der Waals surface area contributed by atoms with Gasteiger partial charge in [-0.1, -0.05) is 18.2 Å². The normalized spacial score (nSPS) is 11.0. The fourth-order valence-corrected chi connectivity index (χ4v) is 3.66. The van der Waals surface area contributed by atoms with E-state index in [0.717, 1.165) is 28.3 Å². The molecule has 0 saturated carbocycles. The topological polar surface area (TPSA) is 61.0 Å².